The van der Waals surface area contributed by atoms with Crippen molar-refractivity contribution in [1.82, 2.24) is 15.1 Å². The topological polar surface area (TPSA) is 80.9 Å². The standard InChI is InChI=1S/C17H14N4O2/c22-16(14-6-1-2-9-18-14)19-13-5-3-4-12(10-13)15-20-17(23-21-15)11-7-8-11/h1-6,9-11H,7-8H2,(H,19,22). The van der Waals surface area contributed by atoms with Gasteiger partial charge in [-0.1, -0.05) is 23.4 Å². The van der Waals surface area contributed by atoms with Crippen LogP contribution in [0.25, 0.3) is 11.4 Å². The lowest BCUT2D eigenvalue weighted by molar-refractivity contribution is 0.102. The Hall–Kier alpha value is -3.02. The molecular formula is C17H14N4O2. The van der Waals surface area contributed by atoms with Gasteiger partial charge in [0.2, 0.25) is 11.7 Å². The lowest BCUT2D eigenvalue weighted by Gasteiger charge is -2.05. The molecule has 0 radical (unpaired) electrons. The van der Waals surface area contributed by atoms with Crippen LogP contribution in [0.15, 0.2) is 53.2 Å². The Kier molecular flexibility index (Phi) is 3.34. The number of carbonyl (C=O) groups excluding carboxylic acids is 1. The fourth-order valence-electron chi connectivity index (χ4n) is 2.28. The van der Waals surface area contributed by atoms with Crippen LogP contribution in [0.3, 0.4) is 0 Å². The number of carbonyl (C=O) groups is 1. The third-order valence-corrected chi connectivity index (χ3v) is 3.64. The summed E-state index contributed by atoms with van der Waals surface area (Å²) in [7, 11) is 0. The molecule has 2 heterocycles. The highest BCUT2D eigenvalue weighted by Crippen LogP contribution is 2.39. The summed E-state index contributed by atoms with van der Waals surface area (Å²) in [6.45, 7) is 0. The fraction of sp³-hybridized carbons (Fsp3) is 0.176. The van der Waals surface area contributed by atoms with E-state index in [1.165, 1.54) is 0 Å². The molecule has 6 heteroatoms. The monoisotopic (exact) mass is 306 g/mol. The van der Waals surface area contributed by atoms with Crippen LogP contribution in [0, 0.1) is 0 Å². The van der Waals surface area contributed by atoms with Crippen molar-refractivity contribution in [3.8, 4) is 11.4 Å². The Bertz CT molecular complexity index is 841. The van der Waals surface area contributed by atoms with E-state index < -0.39 is 0 Å². The van der Waals surface area contributed by atoms with Crippen molar-refractivity contribution < 1.29 is 9.32 Å². The molecule has 0 bridgehead atoms. The van der Waals surface area contributed by atoms with Crippen molar-refractivity contribution in [2.75, 3.05) is 5.32 Å². The number of hydrogen-bond donors (Lipinski definition) is 1. The summed E-state index contributed by atoms with van der Waals surface area (Å²) in [5.74, 6) is 1.40. The fourth-order valence-corrected chi connectivity index (χ4v) is 2.28. The van der Waals surface area contributed by atoms with E-state index in [1.807, 2.05) is 24.3 Å². The number of rotatable bonds is 4. The molecule has 1 aliphatic carbocycles. The smallest absolute Gasteiger partial charge is 0.274 e. The zero-order chi connectivity index (χ0) is 15.6. The number of benzene rings is 1. The zero-order valence-electron chi connectivity index (χ0n) is 12.3. The van der Waals surface area contributed by atoms with Gasteiger partial charge in [0.25, 0.3) is 5.91 Å². The zero-order valence-corrected chi connectivity index (χ0v) is 12.3. The van der Waals surface area contributed by atoms with Gasteiger partial charge in [0.15, 0.2) is 0 Å². The molecule has 0 unspecified atom stereocenters. The van der Waals surface area contributed by atoms with Gasteiger partial charge < -0.3 is 9.84 Å². The van der Waals surface area contributed by atoms with E-state index in [-0.39, 0.29) is 5.91 Å². The van der Waals surface area contributed by atoms with Crippen LogP contribution >= 0.6 is 0 Å². The Labute approximate surface area is 132 Å². The first-order chi connectivity index (χ1) is 11.3. The molecule has 23 heavy (non-hydrogen) atoms. The summed E-state index contributed by atoms with van der Waals surface area (Å²) in [4.78, 5) is 20.6. The van der Waals surface area contributed by atoms with E-state index in [9.17, 15) is 4.79 Å². The predicted molar refractivity (Wildman–Crippen MR) is 83.9 cm³/mol. The number of nitrogens with zero attached hydrogens (tertiary/aromatic N) is 3. The van der Waals surface area contributed by atoms with Crippen molar-refractivity contribution in [1.29, 1.82) is 0 Å². The second-order valence-corrected chi connectivity index (χ2v) is 5.48. The van der Waals surface area contributed by atoms with Gasteiger partial charge in [0.1, 0.15) is 5.69 Å². The van der Waals surface area contributed by atoms with Crippen LogP contribution in [0.5, 0.6) is 0 Å². The number of amides is 1. The van der Waals surface area contributed by atoms with Crippen LogP contribution in [0.2, 0.25) is 0 Å². The highest BCUT2D eigenvalue weighted by molar-refractivity contribution is 6.03. The molecule has 4 rings (SSSR count). The third kappa shape index (κ3) is 2.96. The Balaban J connectivity index is 1.54. The molecule has 1 fully saturated rings. The lowest BCUT2D eigenvalue weighted by atomic mass is 10.2. The molecule has 0 saturated heterocycles. The van der Waals surface area contributed by atoms with E-state index in [2.05, 4.69) is 20.4 Å². The first kappa shape index (κ1) is 13.6. The molecule has 1 aromatic carbocycles. The van der Waals surface area contributed by atoms with Crippen molar-refractivity contribution in [3.05, 3.63) is 60.2 Å². The van der Waals surface area contributed by atoms with Crippen LogP contribution < -0.4 is 5.32 Å². The Morgan fingerprint density at radius 1 is 1.17 bits per heavy atom. The van der Waals surface area contributed by atoms with Gasteiger partial charge in [0, 0.05) is 23.4 Å². The van der Waals surface area contributed by atoms with Crippen molar-refractivity contribution >= 4 is 11.6 Å². The molecule has 1 saturated carbocycles. The summed E-state index contributed by atoms with van der Waals surface area (Å²) in [6.07, 6.45) is 3.81. The second kappa shape index (κ2) is 5.64. The number of anilines is 1. The first-order valence-electron chi connectivity index (χ1n) is 7.46. The van der Waals surface area contributed by atoms with Crippen LogP contribution in [0.4, 0.5) is 5.69 Å². The Morgan fingerprint density at radius 3 is 2.87 bits per heavy atom. The van der Waals surface area contributed by atoms with E-state index >= 15 is 0 Å². The van der Waals surface area contributed by atoms with E-state index in [1.54, 1.807) is 24.4 Å². The third-order valence-electron chi connectivity index (χ3n) is 3.64. The van der Waals surface area contributed by atoms with Gasteiger partial charge in [-0.3, -0.25) is 9.78 Å². The first-order valence-corrected chi connectivity index (χ1v) is 7.46. The second-order valence-electron chi connectivity index (χ2n) is 5.48. The van der Waals surface area contributed by atoms with Crippen molar-refractivity contribution in [3.63, 3.8) is 0 Å². The highest BCUT2D eigenvalue weighted by atomic mass is 16.5. The molecule has 2 aromatic heterocycles. The molecule has 1 amide bonds. The maximum atomic E-state index is 12.1. The van der Waals surface area contributed by atoms with Crippen molar-refractivity contribution in [2.45, 2.75) is 18.8 Å². The number of hydrogen-bond acceptors (Lipinski definition) is 5. The minimum Gasteiger partial charge on any atom is -0.339 e. The predicted octanol–water partition coefficient (Wildman–Crippen LogP) is 3.26. The summed E-state index contributed by atoms with van der Waals surface area (Å²) < 4.78 is 5.27. The summed E-state index contributed by atoms with van der Waals surface area (Å²) in [6, 6.07) is 12.6. The molecule has 6 nitrogen and oxygen atoms in total. The van der Waals surface area contributed by atoms with Gasteiger partial charge >= 0.3 is 0 Å². The minimum atomic E-state index is -0.255. The average molecular weight is 306 g/mol. The SMILES string of the molecule is O=C(Nc1cccc(-c2noc(C3CC3)n2)c1)c1ccccn1. The maximum absolute atomic E-state index is 12.1. The number of nitrogens with one attached hydrogen (secondary N) is 1. The summed E-state index contributed by atoms with van der Waals surface area (Å²) in [5.41, 5.74) is 1.84. The van der Waals surface area contributed by atoms with E-state index in [4.69, 9.17) is 4.52 Å². The largest absolute Gasteiger partial charge is 0.339 e. The van der Waals surface area contributed by atoms with Crippen molar-refractivity contribution in [2.24, 2.45) is 0 Å². The molecule has 1 aliphatic rings. The summed E-state index contributed by atoms with van der Waals surface area (Å²) in [5, 5.41) is 6.84. The molecule has 0 spiro atoms. The van der Waals surface area contributed by atoms with E-state index in [0.29, 0.717) is 29.0 Å². The van der Waals surface area contributed by atoms with Crippen LogP contribution in [0.1, 0.15) is 35.1 Å². The van der Waals surface area contributed by atoms with Gasteiger partial charge in [-0.15, -0.1) is 0 Å². The molecule has 0 aliphatic heterocycles. The van der Waals surface area contributed by atoms with E-state index in [0.717, 1.165) is 18.4 Å². The molecule has 114 valence electrons. The molecular weight excluding hydrogens is 292 g/mol. The summed E-state index contributed by atoms with van der Waals surface area (Å²) >= 11 is 0. The van der Waals surface area contributed by atoms with Gasteiger partial charge in [0.05, 0.1) is 0 Å². The normalized spacial score (nSPS) is 13.7. The minimum absolute atomic E-state index is 0.255. The molecule has 1 N–H and O–H groups in total. The van der Waals surface area contributed by atoms with Crippen LogP contribution in [-0.2, 0) is 0 Å². The van der Waals surface area contributed by atoms with Gasteiger partial charge in [-0.05, 0) is 37.1 Å². The van der Waals surface area contributed by atoms with Gasteiger partial charge in [-0.25, -0.2) is 0 Å². The number of aromatic nitrogens is 3. The van der Waals surface area contributed by atoms with Crippen LogP contribution in [-0.4, -0.2) is 21.0 Å². The lowest BCUT2D eigenvalue weighted by Crippen LogP contribution is -2.13. The average Bonchev–Trinajstić information content (AvgIpc) is 3.33. The number of pyridine rings is 1. The molecule has 3 aromatic rings. The maximum Gasteiger partial charge on any atom is 0.274 e. The quantitative estimate of drug-likeness (QED) is 0.800. The highest BCUT2D eigenvalue weighted by Gasteiger charge is 2.29. The Morgan fingerprint density at radius 2 is 2.09 bits per heavy atom. The molecule has 0 atom stereocenters. The van der Waals surface area contributed by atoms with Gasteiger partial charge in [-0.2, -0.15) is 4.98 Å².